The molecule has 1 amide bonds. The smallest absolute Gasteiger partial charge is 0.262 e. The number of amides is 1. The van der Waals surface area contributed by atoms with Crippen molar-refractivity contribution < 1.29 is 13.2 Å². The lowest BCUT2D eigenvalue weighted by atomic mass is 9.99. The number of hydrogen-bond donors (Lipinski definition) is 2. The van der Waals surface area contributed by atoms with Crippen LogP contribution in [0.1, 0.15) is 39.5 Å². The Morgan fingerprint density at radius 1 is 1.36 bits per heavy atom. The predicted molar refractivity (Wildman–Crippen MR) is 110 cm³/mol. The van der Waals surface area contributed by atoms with Crippen LogP contribution in [0.3, 0.4) is 0 Å². The first-order valence-corrected chi connectivity index (χ1v) is 11.3. The van der Waals surface area contributed by atoms with Gasteiger partial charge in [0.05, 0.1) is 12.4 Å². The lowest BCUT2D eigenvalue weighted by Crippen LogP contribution is -2.46. The Labute approximate surface area is 173 Å². The van der Waals surface area contributed by atoms with Gasteiger partial charge in [-0.05, 0) is 44.1 Å². The van der Waals surface area contributed by atoms with Crippen LogP contribution in [-0.4, -0.2) is 60.4 Å². The third-order valence-electron chi connectivity index (χ3n) is 5.21. The fourth-order valence-corrected chi connectivity index (χ4v) is 5.30. The Bertz CT molecular complexity index is 746. The monoisotopic (exact) mass is 433 g/mol. The van der Waals surface area contributed by atoms with Crippen LogP contribution in [0.15, 0.2) is 17.6 Å². The van der Waals surface area contributed by atoms with Crippen LogP contribution >= 0.6 is 12.4 Å². The number of aromatic nitrogens is 2. The lowest BCUT2D eigenvalue weighted by Gasteiger charge is -2.31. The predicted octanol–water partition coefficient (Wildman–Crippen LogP) is 1.23. The molecule has 3 heterocycles. The normalized spacial score (nSPS) is 23.5. The van der Waals surface area contributed by atoms with E-state index in [1.165, 1.54) is 4.31 Å². The Morgan fingerprint density at radius 3 is 2.82 bits per heavy atom. The van der Waals surface area contributed by atoms with Crippen molar-refractivity contribution in [2.45, 2.75) is 57.1 Å². The molecule has 0 spiro atoms. The van der Waals surface area contributed by atoms with Crippen molar-refractivity contribution >= 4 is 28.3 Å². The van der Waals surface area contributed by atoms with Crippen LogP contribution in [0.2, 0.25) is 0 Å². The van der Waals surface area contributed by atoms with Gasteiger partial charge in [-0.15, -0.1) is 12.4 Å². The number of piperidine rings is 1. The lowest BCUT2D eigenvalue weighted by molar-refractivity contribution is -0.123. The van der Waals surface area contributed by atoms with E-state index in [9.17, 15) is 13.2 Å². The van der Waals surface area contributed by atoms with Crippen LogP contribution in [0, 0.1) is 11.8 Å². The molecule has 2 unspecified atom stereocenters. The van der Waals surface area contributed by atoms with E-state index in [-0.39, 0.29) is 35.3 Å². The van der Waals surface area contributed by atoms with Crippen molar-refractivity contribution in [3.05, 3.63) is 12.5 Å². The summed E-state index contributed by atoms with van der Waals surface area (Å²) >= 11 is 0. The largest absolute Gasteiger partial charge is 0.354 e. The summed E-state index contributed by atoms with van der Waals surface area (Å²) < 4.78 is 29.2. The first-order valence-electron chi connectivity index (χ1n) is 9.89. The molecule has 2 saturated heterocycles. The summed E-state index contributed by atoms with van der Waals surface area (Å²) in [6.45, 7) is 7.25. The van der Waals surface area contributed by atoms with Gasteiger partial charge in [0.15, 0.2) is 5.03 Å². The summed E-state index contributed by atoms with van der Waals surface area (Å²) in [6.07, 6.45) is 6.82. The van der Waals surface area contributed by atoms with Crippen LogP contribution in [0.4, 0.5) is 0 Å². The second-order valence-corrected chi connectivity index (χ2v) is 9.95. The number of sulfonamides is 1. The molecule has 3 rings (SSSR count). The van der Waals surface area contributed by atoms with E-state index in [4.69, 9.17) is 0 Å². The summed E-state index contributed by atoms with van der Waals surface area (Å²) in [5.41, 5.74) is 0. The number of imidazole rings is 1. The standard InChI is InChI=1S/C18H31N5O3S.ClH/c1-14(2)10-22-12-17(21-13-22)27(25,26)23-8-4-5-15(11-23)9-20-18(24)16-6-3-7-19-16;/h12-16,19H,3-11H2,1-2H3,(H,20,24);1H. The van der Waals surface area contributed by atoms with Crippen molar-refractivity contribution in [2.24, 2.45) is 11.8 Å². The van der Waals surface area contributed by atoms with Gasteiger partial charge in [0.1, 0.15) is 0 Å². The summed E-state index contributed by atoms with van der Waals surface area (Å²) in [4.78, 5) is 16.3. The minimum Gasteiger partial charge on any atom is -0.354 e. The summed E-state index contributed by atoms with van der Waals surface area (Å²) in [6, 6.07) is -0.0988. The highest BCUT2D eigenvalue weighted by Gasteiger charge is 2.32. The zero-order valence-electron chi connectivity index (χ0n) is 16.6. The molecule has 8 nitrogen and oxygen atoms in total. The van der Waals surface area contributed by atoms with Crippen molar-refractivity contribution in [2.75, 3.05) is 26.2 Å². The maximum Gasteiger partial charge on any atom is 0.262 e. The number of carbonyl (C=O) groups is 1. The average Bonchev–Trinajstić information content (AvgIpc) is 3.31. The van der Waals surface area contributed by atoms with E-state index < -0.39 is 10.0 Å². The molecule has 0 radical (unpaired) electrons. The molecule has 1 aromatic heterocycles. The molecule has 2 fully saturated rings. The van der Waals surface area contributed by atoms with Crippen LogP contribution < -0.4 is 10.6 Å². The first-order chi connectivity index (χ1) is 12.9. The van der Waals surface area contributed by atoms with Crippen LogP contribution in [-0.2, 0) is 21.4 Å². The van der Waals surface area contributed by atoms with E-state index in [1.54, 1.807) is 12.5 Å². The highest BCUT2D eigenvalue weighted by atomic mass is 35.5. The van der Waals surface area contributed by atoms with E-state index in [2.05, 4.69) is 29.5 Å². The van der Waals surface area contributed by atoms with E-state index >= 15 is 0 Å². The molecular weight excluding hydrogens is 402 g/mol. The number of hydrogen-bond acceptors (Lipinski definition) is 5. The maximum absolute atomic E-state index is 12.9. The van der Waals surface area contributed by atoms with Gasteiger partial charge in [-0.2, -0.15) is 4.31 Å². The third-order valence-corrected chi connectivity index (χ3v) is 6.96. The van der Waals surface area contributed by atoms with Gasteiger partial charge in [-0.3, -0.25) is 4.79 Å². The maximum atomic E-state index is 12.9. The van der Waals surface area contributed by atoms with Crippen molar-refractivity contribution in [1.29, 1.82) is 0 Å². The Morgan fingerprint density at radius 2 is 2.14 bits per heavy atom. The Kier molecular flexibility index (Phi) is 8.30. The molecule has 160 valence electrons. The highest BCUT2D eigenvalue weighted by Crippen LogP contribution is 2.23. The molecule has 1 aromatic rings. The van der Waals surface area contributed by atoms with Gasteiger partial charge in [0.2, 0.25) is 5.91 Å². The molecule has 0 saturated carbocycles. The molecule has 28 heavy (non-hydrogen) atoms. The minimum atomic E-state index is -3.59. The third kappa shape index (κ3) is 5.68. The first kappa shape index (κ1) is 23.1. The minimum absolute atomic E-state index is 0. The number of nitrogens with zero attached hydrogens (tertiary/aromatic N) is 3. The summed E-state index contributed by atoms with van der Waals surface area (Å²) in [7, 11) is -3.59. The quantitative estimate of drug-likeness (QED) is 0.674. The molecule has 2 N–H and O–H groups in total. The fraction of sp³-hybridized carbons (Fsp3) is 0.778. The van der Waals surface area contributed by atoms with Gasteiger partial charge < -0.3 is 15.2 Å². The molecule has 2 atom stereocenters. The second-order valence-electron chi connectivity index (χ2n) is 8.07. The topological polar surface area (TPSA) is 96.3 Å². The van der Waals surface area contributed by atoms with Crippen LogP contribution in [0.25, 0.3) is 0 Å². The summed E-state index contributed by atoms with van der Waals surface area (Å²) in [5, 5.41) is 6.29. The highest BCUT2D eigenvalue weighted by molar-refractivity contribution is 7.89. The Hall–Kier alpha value is -1.16. The zero-order valence-corrected chi connectivity index (χ0v) is 18.3. The van der Waals surface area contributed by atoms with Gasteiger partial charge >= 0.3 is 0 Å². The van der Waals surface area contributed by atoms with Crippen molar-refractivity contribution in [3.8, 4) is 0 Å². The molecule has 10 heteroatoms. The van der Waals surface area contributed by atoms with E-state index in [0.29, 0.717) is 25.6 Å². The molecule has 0 aromatic carbocycles. The SMILES string of the molecule is CC(C)Cn1cnc(S(=O)(=O)N2CCCC(CNC(=O)C3CCCN3)C2)c1.Cl. The van der Waals surface area contributed by atoms with Gasteiger partial charge in [-0.1, -0.05) is 13.8 Å². The zero-order chi connectivity index (χ0) is 19.4. The number of halogens is 1. The van der Waals surface area contributed by atoms with Gasteiger partial charge in [0.25, 0.3) is 10.0 Å². The van der Waals surface area contributed by atoms with Crippen molar-refractivity contribution in [3.63, 3.8) is 0 Å². The molecular formula is C18H32ClN5O3S. The second kappa shape index (κ2) is 10.0. The van der Waals surface area contributed by atoms with Gasteiger partial charge in [-0.25, -0.2) is 13.4 Å². The summed E-state index contributed by atoms with van der Waals surface area (Å²) in [5.74, 6) is 0.587. The molecule has 0 bridgehead atoms. The van der Waals surface area contributed by atoms with E-state index in [0.717, 1.165) is 38.8 Å². The Balaban J connectivity index is 0.00000280. The fourth-order valence-electron chi connectivity index (χ4n) is 3.81. The average molecular weight is 434 g/mol. The van der Waals surface area contributed by atoms with E-state index in [1.807, 2.05) is 4.57 Å². The molecule has 2 aliphatic heterocycles. The number of rotatable bonds is 7. The number of nitrogens with one attached hydrogen (secondary N) is 2. The van der Waals surface area contributed by atoms with Crippen LogP contribution in [0.5, 0.6) is 0 Å². The van der Waals surface area contributed by atoms with Gasteiger partial charge in [0, 0.05) is 32.4 Å². The molecule has 2 aliphatic rings. The number of carbonyl (C=O) groups excluding carboxylic acids is 1. The molecule has 0 aliphatic carbocycles. The van der Waals surface area contributed by atoms with Crippen molar-refractivity contribution in [1.82, 2.24) is 24.5 Å².